The number of nitrogens with one attached hydrogen (secondary N) is 1. The molecule has 3 rings (SSSR count). The van der Waals surface area contributed by atoms with Gasteiger partial charge >= 0.3 is 0 Å². The lowest BCUT2D eigenvalue weighted by Gasteiger charge is -2.41. The Hall–Kier alpha value is -1.85. The first-order valence-corrected chi connectivity index (χ1v) is 9.45. The van der Waals surface area contributed by atoms with Crippen LogP contribution in [0.5, 0.6) is 0 Å². The Labute approximate surface area is 149 Å². The average molecular weight is 346 g/mol. The summed E-state index contributed by atoms with van der Waals surface area (Å²) in [6.45, 7) is 6.37. The highest BCUT2D eigenvalue weighted by Gasteiger charge is 2.46. The van der Waals surface area contributed by atoms with Gasteiger partial charge < -0.3 is 10.2 Å². The van der Waals surface area contributed by atoms with Gasteiger partial charge in [0.1, 0.15) is 5.54 Å². The highest BCUT2D eigenvalue weighted by molar-refractivity contribution is 5.91. The lowest BCUT2D eigenvalue weighted by Crippen LogP contribution is -2.60. The van der Waals surface area contributed by atoms with Crippen LogP contribution in [-0.4, -0.2) is 38.6 Å². The molecule has 1 unspecified atom stereocenters. The second kappa shape index (κ2) is 6.81. The highest BCUT2D eigenvalue weighted by atomic mass is 16.2. The van der Waals surface area contributed by atoms with Gasteiger partial charge in [0.25, 0.3) is 0 Å². The molecule has 1 saturated heterocycles. The number of carbonyl (C=O) groups excluding carboxylic acids is 2. The molecule has 0 aromatic carbocycles. The maximum atomic E-state index is 13.6. The smallest absolute Gasteiger partial charge is 0.248 e. The minimum Gasteiger partial charge on any atom is -0.342 e. The monoisotopic (exact) mass is 346 g/mol. The summed E-state index contributed by atoms with van der Waals surface area (Å²) in [6.07, 6.45) is 6.60. The average Bonchev–Trinajstić information content (AvgIpc) is 3.12. The molecule has 1 aliphatic carbocycles. The molecule has 1 N–H and O–H groups in total. The van der Waals surface area contributed by atoms with Gasteiger partial charge in [-0.05, 0) is 39.5 Å². The van der Waals surface area contributed by atoms with Gasteiger partial charge in [-0.1, -0.05) is 19.3 Å². The van der Waals surface area contributed by atoms with Crippen molar-refractivity contribution in [2.24, 2.45) is 7.05 Å². The fourth-order valence-corrected chi connectivity index (χ4v) is 4.74. The van der Waals surface area contributed by atoms with E-state index in [1.54, 1.807) is 0 Å². The largest absolute Gasteiger partial charge is 0.342 e. The summed E-state index contributed by atoms with van der Waals surface area (Å²) in [5.74, 6) is -0.00714. The number of amides is 2. The molecule has 1 atom stereocenters. The van der Waals surface area contributed by atoms with Gasteiger partial charge in [-0.2, -0.15) is 5.10 Å². The van der Waals surface area contributed by atoms with Crippen molar-refractivity contribution in [3.8, 4) is 0 Å². The van der Waals surface area contributed by atoms with Crippen molar-refractivity contribution < 1.29 is 9.59 Å². The minimum atomic E-state index is -0.712. The fraction of sp³-hybridized carbons (Fsp3) is 0.737. The van der Waals surface area contributed by atoms with Crippen LogP contribution in [0.3, 0.4) is 0 Å². The number of hydrogen-bond donors (Lipinski definition) is 1. The van der Waals surface area contributed by atoms with Crippen LogP contribution < -0.4 is 5.32 Å². The third-order valence-electron chi connectivity index (χ3n) is 5.94. The van der Waals surface area contributed by atoms with Gasteiger partial charge in [-0.3, -0.25) is 14.3 Å². The Morgan fingerprint density at radius 3 is 2.40 bits per heavy atom. The number of likely N-dealkylation sites (tertiary alicyclic amines) is 1. The molecular formula is C19H30N4O2. The number of hydrogen-bond acceptors (Lipinski definition) is 3. The molecule has 0 radical (unpaired) electrons. The van der Waals surface area contributed by atoms with Gasteiger partial charge in [-0.25, -0.2) is 0 Å². The third-order valence-corrected chi connectivity index (χ3v) is 5.94. The van der Waals surface area contributed by atoms with E-state index >= 15 is 0 Å². The van der Waals surface area contributed by atoms with Gasteiger partial charge in [-0.15, -0.1) is 0 Å². The summed E-state index contributed by atoms with van der Waals surface area (Å²) in [6, 6.07) is 0.0776. The summed E-state index contributed by atoms with van der Waals surface area (Å²) in [7, 11) is 1.95. The van der Waals surface area contributed by atoms with Crippen molar-refractivity contribution in [3.63, 3.8) is 0 Å². The number of nitrogens with zero attached hydrogens (tertiary/aromatic N) is 3. The molecule has 1 aromatic rings. The van der Waals surface area contributed by atoms with Gasteiger partial charge in [0.15, 0.2) is 0 Å². The van der Waals surface area contributed by atoms with E-state index in [0.29, 0.717) is 0 Å². The Morgan fingerprint density at radius 2 is 1.84 bits per heavy atom. The van der Waals surface area contributed by atoms with Crippen molar-refractivity contribution in [2.45, 2.75) is 77.3 Å². The van der Waals surface area contributed by atoms with E-state index in [1.165, 1.54) is 12.5 Å². The van der Waals surface area contributed by atoms with E-state index in [4.69, 9.17) is 0 Å². The zero-order chi connectivity index (χ0) is 18.2. The van der Waals surface area contributed by atoms with Crippen LogP contribution in [0.4, 0.5) is 0 Å². The molecule has 138 valence electrons. The van der Waals surface area contributed by atoms with Crippen LogP contribution in [0.1, 0.15) is 74.9 Å². The minimum absolute atomic E-state index is 0.0776. The molecular weight excluding hydrogens is 316 g/mol. The van der Waals surface area contributed by atoms with Gasteiger partial charge in [0.2, 0.25) is 11.8 Å². The zero-order valence-electron chi connectivity index (χ0n) is 15.9. The summed E-state index contributed by atoms with van der Waals surface area (Å²) < 4.78 is 1.90. The van der Waals surface area contributed by atoms with Gasteiger partial charge in [0.05, 0.1) is 11.7 Å². The zero-order valence-corrected chi connectivity index (χ0v) is 15.9. The van der Waals surface area contributed by atoms with Crippen LogP contribution in [0.25, 0.3) is 0 Å². The Morgan fingerprint density at radius 1 is 1.16 bits per heavy atom. The number of aromatic nitrogens is 2. The molecule has 2 fully saturated rings. The molecule has 0 bridgehead atoms. The Balaban J connectivity index is 1.92. The van der Waals surface area contributed by atoms with Crippen LogP contribution >= 0.6 is 0 Å². The van der Waals surface area contributed by atoms with Crippen molar-refractivity contribution in [1.29, 1.82) is 0 Å². The number of rotatable bonds is 3. The molecule has 1 saturated carbocycles. The fourth-order valence-electron chi connectivity index (χ4n) is 4.74. The summed E-state index contributed by atoms with van der Waals surface area (Å²) >= 11 is 0. The van der Waals surface area contributed by atoms with Crippen LogP contribution in [0.15, 0.2) is 0 Å². The van der Waals surface area contributed by atoms with Crippen molar-refractivity contribution >= 4 is 11.8 Å². The van der Waals surface area contributed by atoms with Crippen LogP contribution in [0, 0.1) is 13.8 Å². The summed E-state index contributed by atoms with van der Waals surface area (Å²) in [5, 5.41) is 7.56. The maximum Gasteiger partial charge on any atom is 0.248 e. The molecule has 2 aliphatic rings. The number of aryl methyl sites for hydroxylation is 2. The lowest BCUT2D eigenvalue weighted by molar-refractivity contribution is -0.144. The Kier molecular flexibility index (Phi) is 4.89. The molecule has 6 heteroatoms. The first-order valence-electron chi connectivity index (χ1n) is 9.45. The van der Waals surface area contributed by atoms with E-state index in [2.05, 4.69) is 17.3 Å². The summed E-state index contributed by atoms with van der Waals surface area (Å²) in [5.41, 5.74) is 2.60. The second-order valence-corrected chi connectivity index (χ2v) is 7.69. The van der Waals surface area contributed by atoms with E-state index in [-0.39, 0.29) is 17.9 Å². The van der Waals surface area contributed by atoms with E-state index < -0.39 is 5.54 Å². The topological polar surface area (TPSA) is 67.2 Å². The molecule has 2 amide bonds. The molecule has 2 heterocycles. The van der Waals surface area contributed by atoms with Gasteiger partial charge in [0, 0.05) is 31.8 Å². The first kappa shape index (κ1) is 18.0. The Bertz CT molecular complexity index is 673. The molecule has 1 aliphatic heterocycles. The first-order chi connectivity index (χ1) is 11.9. The van der Waals surface area contributed by atoms with E-state index in [0.717, 1.165) is 62.9 Å². The molecule has 0 spiro atoms. The molecule has 6 nitrogen and oxygen atoms in total. The van der Waals surface area contributed by atoms with E-state index in [9.17, 15) is 9.59 Å². The maximum absolute atomic E-state index is 13.6. The summed E-state index contributed by atoms with van der Waals surface area (Å²) in [4.78, 5) is 27.4. The second-order valence-electron chi connectivity index (χ2n) is 7.69. The molecule has 1 aromatic heterocycles. The van der Waals surface area contributed by atoms with Crippen molar-refractivity contribution in [2.75, 3.05) is 6.54 Å². The van der Waals surface area contributed by atoms with Crippen molar-refractivity contribution in [1.82, 2.24) is 20.0 Å². The lowest BCUT2D eigenvalue weighted by atomic mass is 9.80. The van der Waals surface area contributed by atoms with Crippen LogP contribution in [-0.2, 0) is 16.6 Å². The highest BCUT2D eigenvalue weighted by Crippen LogP contribution is 2.39. The predicted octanol–water partition coefficient (Wildman–Crippen LogP) is 2.54. The van der Waals surface area contributed by atoms with E-state index in [1.807, 2.05) is 23.6 Å². The SMILES string of the molecule is CC(=O)NC1(C(=O)N2CCCC2c2c(C)nn(C)c2C)CCCCC1. The normalized spacial score (nSPS) is 22.9. The van der Waals surface area contributed by atoms with Crippen LogP contribution in [0.2, 0.25) is 0 Å². The molecule has 25 heavy (non-hydrogen) atoms. The quantitative estimate of drug-likeness (QED) is 0.914. The standard InChI is InChI=1S/C19H30N4O2/c1-13-17(14(2)22(4)21-13)16-9-8-12-23(16)18(25)19(20-15(3)24)10-6-5-7-11-19/h16H,5-12H2,1-4H3,(H,20,24). The third kappa shape index (κ3) is 3.18. The predicted molar refractivity (Wildman–Crippen MR) is 96.0 cm³/mol. The van der Waals surface area contributed by atoms with Crippen molar-refractivity contribution in [3.05, 3.63) is 17.0 Å². The number of carbonyl (C=O) groups is 2.